The quantitative estimate of drug-likeness (QED) is 0.690. The predicted octanol–water partition coefficient (Wildman–Crippen LogP) is 4.80. The Morgan fingerprint density at radius 1 is 1.36 bits per heavy atom. The van der Waals surface area contributed by atoms with E-state index in [9.17, 15) is 5.11 Å². The van der Waals surface area contributed by atoms with Gasteiger partial charge in [0.25, 0.3) is 0 Å². The number of nitrogens with zero attached hydrogens (tertiary/aromatic N) is 2. The second-order valence-electron chi connectivity index (χ2n) is 6.25. The fourth-order valence-electron chi connectivity index (χ4n) is 3.44. The molecule has 130 valence electrons. The van der Waals surface area contributed by atoms with E-state index in [1.54, 1.807) is 17.4 Å². The number of hydrogen-bond donors (Lipinski definition) is 1. The van der Waals surface area contributed by atoms with Crippen molar-refractivity contribution in [3.63, 3.8) is 0 Å². The van der Waals surface area contributed by atoms with E-state index in [1.165, 1.54) is 0 Å². The Bertz CT molecular complexity index is 895. The molecule has 0 amide bonds. The third-order valence-corrected chi connectivity index (χ3v) is 5.94. The molecule has 4 nitrogen and oxygen atoms in total. The minimum absolute atomic E-state index is 0.173. The van der Waals surface area contributed by atoms with E-state index < -0.39 is 6.10 Å². The third kappa shape index (κ3) is 3.23. The third-order valence-electron chi connectivity index (χ3n) is 4.50. The fourth-order valence-corrected chi connectivity index (χ4v) is 4.70. The average molecular weight is 395 g/mol. The van der Waals surface area contributed by atoms with Gasteiger partial charge in [0.1, 0.15) is 0 Å². The maximum Gasteiger partial charge on any atom is 0.177 e. The Kier molecular flexibility index (Phi) is 4.60. The molecule has 0 aliphatic heterocycles. The normalized spacial score (nSPS) is 19.6. The van der Waals surface area contributed by atoms with Crippen LogP contribution in [0.25, 0.3) is 10.6 Å². The van der Waals surface area contributed by atoms with Crippen LogP contribution in [0.5, 0.6) is 0 Å². The van der Waals surface area contributed by atoms with Gasteiger partial charge >= 0.3 is 0 Å². The molecule has 7 heteroatoms. The van der Waals surface area contributed by atoms with Gasteiger partial charge in [-0.3, -0.25) is 4.90 Å². The Balaban J connectivity index is 1.57. The van der Waals surface area contributed by atoms with E-state index in [4.69, 9.17) is 27.7 Å². The van der Waals surface area contributed by atoms with Crippen molar-refractivity contribution in [3.8, 4) is 10.6 Å². The smallest absolute Gasteiger partial charge is 0.177 e. The van der Waals surface area contributed by atoms with Gasteiger partial charge in [0.2, 0.25) is 0 Å². The number of thiophene rings is 1. The summed E-state index contributed by atoms with van der Waals surface area (Å²) in [6.07, 6.45) is -0.000733. The van der Waals surface area contributed by atoms with Gasteiger partial charge in [-0.05, 0) is 41.8 Å². The van der Waals surface area contributed by atoms with Gasteiger partial charge in [-0.1, -0.05) is 34.4 Å². The molecule has 4 rings (SSSR count). The molecular formula is C18H16Cl2N2O2S. The van der Waals surface area contributed by atoms with Gasteiger partial charge in [-0.2, -0.15) is 0 Å². The fraction of sp³-hybridized carbons (Fsp3) is 0.278. The molecule has 0 saturated heterocycles. The molecule has 1 N–H and O–H groups in total. The van der Waals surface area contributed by atoms with Crippen molar-refractivity contribution in [3.05, 3.63) is 62.6 Å². The van der Waals surface area contributed by atoms with Crippen LogP contribution in [0, 0.1) is 0 Å². The van der Waals surface area contributed by atoms with E-state index in [0.717, 1.165) is 27.5 Å². The monoisotopic (exact) mass is 394 g/mol. The first-order chi connectivity index (χ1) is 12.0. The molecule has 1 aromatic carbocycles. The minimum atomic E-state index is -0.528. The van der Waals surface area contributed by atoms with Crippen LogP contribution < -0.4 is 0 Å². The molecule has 2 aromatic heterocycles. The SMILES string of the molecule is CN(Cc1cc(-c2cccs2)on1)C1c2cc(Cl)cc(Cl)c2CC1O. The molecule has 1 aliphatic rings. The van der Waals surface area contributed by atoms with Gasteiger partial charge in [-0.25, -0.2) is 0 Å². The molecule has 0 fully saturated rings. The van der Waals surface area contributed by atoms with Gasteiger partial charge < -0.3 is 9.63 Å². The molecule has 3 aromatic rings. The van der Waals surface area contributed by atoms with E-state index in [0.29, 0.717) is 23.0 Å². The van der Waals surface area contributed by atoms with Crippen molar-refractivity contribution in [2.45, 2.75) is 25.1 Å². The van der Waals surface area contributed by atoms with Crippen molar-refractivity contribution >= 4 is 34.5 Å². The molecule has 0 spiro atoms. The maximum atomic E-state index is 10.5. The number of benzene rings is 1. The molecule has 0 saturated carbocycles. The summed E-state index contributed by atoms with van der Waals surface area (Å²) >= 11 is 14.1. The molecule has 0 bridgehead atoms. The predicted molar refractivity (Wildman–Crippen MR) is 100 cm³/mol. The lowest BCUT2D eigenvalue weighted by atomic mass is 10.1. The number of hydrogen-bond acceptors (Lipinski definition) is 5. The van der Waals surface area contributed by atoms with Crippen LogP contribution in [0.15, 0.2) is 40.2 Å². The molecule has 2 atom stereocenters. The van der Waals surface area contributed by atoms with Crippen LogP contribution in [0.1, 0.15) is 22.9 Å². The summed E-state index contributed by atoms with van der Waals surface area (Å²) < 4.78 is 5.44. The molecule has 2 heterocycles. The number of halogens is 2. The highest BCUT2D eigenvalue weighted by Crippen LogP contribution is 2.41. The number of likely N-dealkylation sites (N-methyl/N-ethyl adjacent to an activating group) is 1. The zero-order valence-corrected chi connectivity index (χ0v) is 15.8. The molecule has 2 unspecified atom stereocenters. The number of aromatic nitrogens is 1. The number of rotatable bonds is 4. The van der Waals surface area contributed by atoms with Gasteiger partial charge in [0.15, 0.2) is 5.76 Å². The van der Waals surface area contributed by atoms with Crippen LogP contribution in [-0.4, -0.2) is 28.3 Å². The highest BCUT2D eigenvalue weighted by Gasteiger charge is 2.36. The van der Waals surface area contributed by atoms with E-state index in [1.807, 2.05) is 36.7 Å². The summed E-state index contributed by atoms with van der Waals surface area (Å²) in [5, 5.41) is 17.9. The summed E-state index contributed by atoms with van der Waals surface area (Å²) in [6, 6.07) is 9.36. The minimum Gasteiger partial charge on any atom is -0.391 e. The van der Waals surface area contributed by atoms with E-state index in [-0.39, 0.29) is 6.04 Å². The Labute approximate surface area is 159 Å². The lowest BCUT2D eigenvalue weighted by Gasteiger charge is -2.27. The van der Waals surface area contributed by atoms with Gasteiger partial charge in [0.05, 0.1) is 22.7 Å². The van der Waals surface area contributed by atoms with Gasteiger partial charge in [-0.15, -0.1) is 11.3 Å². The van der Waals surface area contributed by atoms with Crippen molar-refractivity contribution in [2.75, 3.05) is 7.05 Å². The van der Waals surface area contributed by atoms with Crippen molar-refractivity contribution < 1.29 is 9.63 Å². The van der Waals surface area contributed by atoms with Crippen LogP contribution in [0.4, 0.5) is 0 Å². The van der Waals surface area contributed by atoms with Crippen LogP contribution in [0.3, 0.4) is 0 Å². The molecule has 1 aliphatic carbocycles. The van der Waals surface area contributed by atoms with E-state index >= 15 is 0 Å². The van der Waals surface area contributed by atoms with E-state index in [2.05, 4.69) is 10.1 Å². The maximum absolute atomic E-state index is 10.5. The van der Waals surface area contributed by atoms with Crippen LogP contribution >= 0.6 is 34.5 Å². The van der Waals surface area contributed by atoms with Crippen molar-refractivity contribution in [1.82, 2.24) is 10.1 Å². The molecule has 0 radical (unpaired) electrons. The Hall–Kier alpha value is -1.37. The summed E-state index contributed by atoms with van der Waals surface area (Å²) in [5.74, 6) is 0.761. The summed E-state index contributed by atoms with van der Waals surface area (Å²) in [4.78, 5) is 3.10. The first-order valence-corrected chi connectivity index (χ1v) is 9.52. The summed E-state index contributed by atoms with van der Waals surface area (Å²) in [6.45, 7) is 0.556. The number of fused-ring (bicyclic) bond motifs is 1. The Morgan fingerprint density at radius 3 is 2.96 bits per heavy atom. The topological polar surface area (TPSA) is 49.5 Å². The van der Waals surface area contributed by atoms with Crippen LogP contribution in [0.2, 0.25) is 10.0 Å². The highest BCUT2D eigenvalue weighted by molar-refractivity contribution is 7.13. The lowest BCUT2D eigenvalue weighted by Crippen LogP contribution is -2.30. The molecule has 25 heavy (non-hydrogen) atoms. The second kappa shape index (κ2) is 6.74. The number of aliphatic hydroxyl groups is 1. The lowest BCUT2D eigenvalue weighted by molar-refractivity contribution is 0.0713. The highest BCUT2D eigenvalue weighted by atomic mass is 35.5. The summed E-state index contributed by atoms with van der Waals surface area (Å²) in [5.41, 5.74) is 2.77. The number of aliphatic hydroxyl groups excluding tert-OH is 1. The first kappa shape index (κ1) is 17.1. The largest absolute Gasteiger partial charge is 0.391 e. The summed E-state index contributed by atoms with van der Waals surface area (Å²) in [7, 11) is 1.96. The Morgan fingerprint density at radius 2 is 2.20 bits per heavy atom. The zero-order valence-electron chi connectivity index (χ0n) is 13.4. The average Bonchev–Trinajstić information content (AvgIpc) is 3.25. The molecular weight excluding hydrogens is 379 g/mol. The second-order valence-corrected chi connectivity index (χ2v) is 8.04. The van der Waals surface area contributed by atoms with Crippen molar-refractivity contribution in [1.29, 1.82) is 0 Å². The van der Waals surface area contributed by atoms with Crippen molar-refractivity contribution in [2.24, 2.45) is 0 Å². The zero-order chi connectivity index (χ0) is 17.6. The van der Waals surface area contributed by atoms with Crippen LogP contribution in [-0.2, 0) is 13.0 Å². The first-order valence-electron chi connectivity index (χ1n) is 7.88. The van der Waals surface area contributed by atoms with Gasteiger partial charge in [0, 0.05) is 29.1 Å². The standard InChI is InChI=1S/C18H16Cl2N2O2S/c1-22(9-11-7-16(24-21-11)17-3-2-4-25-17)18-13-5-10(19)6-14(20)12(13)8-15(18)23/h2-7,15,18,23H,8-9H2,1H3.